The molecule has 0 fully saturated rings. The molecule has 27 heavy (non-hydrogen) atoms. The lowest BCUT2D eigenvalue weighted by Crippen LogP contribution is -2.23. The lowest BCUT2D eigenvalue weighted by molar-refractivity contribution is -0.138. The highest BCUT2D eigenvalue weighted by molar-refractivity contribution is 6.14. The third kappa shape index (κ3) is 2.99. The zero-order valence-electron chi connectivity index (χ0n) is 14.9. The van der Waals surface area contributed by atoms with Gasteiger partial charge in [0.05, 0.1) is 18.0 Å². The predicted molar refractivity (Wildman–Crippen MR) is 105 cm³/mol. The first-order valence-electron chi connectivity index (χ1n) is 8.88. The molecule has 4 nitrogen and oxygen atoms in total. The molecule has 1 heterocycles. The molecule has 4 rings (SSSR count). The zero-order valence-corrected chi connectivity index (χ0v) is 14.9. The van der Waals surface area contributed by atoms with Crippen LogP contribution in [0.25, 0.3) is 11.1 Å². The molecular formula is C23H19NO3. The summed E-state index contributed by atoms with van der Waals surface area (Å²) in [5, 5.41) is 9.15. The summed E-state index contributed by atoms with van der Waals surface area (Å²) in [7, 11) is 0. The van der Waals surface area contributed by atoms with Gasteiger partial charge in [-0.05, 0) is 41.3 Å². The summed E-state index contributed by atoms with van der Waals surface area (Å²) in [6.45, 7) is 2.17. The highest BCUT2D eigenvalue weighted by atomic mass is 16.4. The highest BCUT2D eigenvalue weighted by Gasteiger charge is 2.31. The van der Waals surface area contributed by atoms with Gasteiger partial charge >= 0.3 is 5.97 Å². The summed E-state index contributed by atoms with van der Waals surface area (Å²) >= 11 is 0. The number of carboxylic acids is 1. The Morgan fingerprint density at radius 1 is 0.963 bits per heavy atom. The smallest absolute Gasteiger partial charge is 0.310 e. The molecular weight excluding hydrogens is 338 g/mol. The molecule has 134 valence electrons. The van der Waals surface area contributed by atoms with Crippen LogP contribution < -0.4 is 4.90 Å². The van der Waals surface area contributed by atoms with Crippen LogP contribution in [-0.2, 0) is 11.3 Å². The molecule has 0 radical (unpaired) electrons. The molecule has 1 atom stereocenters. The highest BCUT2D eigenvalue weighted by Crippen LogP contribution is 2.35. The molecule has 1 amide bonds. The van der Waals surface area contributed by atoms with Crippen molar-refractivity contribution in [1.29, 1.82) is 0 Å². The maximum absolute atomic E-state index is 13.2. The first kappa shape index (κ1) is 17.0. The summed E-state index contributed by atoms with van der Waals surface area (Å²) in [5.74, 6) is -1.46. The fraction of sp³-hybridized carbons (Fsp3) is 0.130. The number of anilines is 1. The van der Waals surface area contributed by atoms with E-state index in [-0.39, 0.29) is 5.91 Å². The Kier molecular flexibility index (Phi) is 4.24. The van der Waals surface area contributed by atoms with Gasteiger partial charge in [-0.2, -0.15) is 0 Å². The average molecular weight is 357 g/mol. The second kappa shape index (κ2) is 6.72. The van der Waals surface area contributed by atoms with E-state index < -0.39 is 11.9 Å². The topological polar surface area (TPSA) is 57.6 Å². The summed E-state index contributed by atoms with van der Waals surface area (Å²) in [5.41, 5.74) is 5.21. The van der Waals surface area contributed by atoms with Crippen LogP contribution in [0.4, 0.5) is 5.69 Å². The molecule has 0 aliphatic carbocycles. The van der Waals surface area contributed by atoms with Crippen molar-refractivity contribution in [2.75, 3.05) is 4.90 Å². The molecule has 4 heteroatoms. The average Bonchev–Trinajstić information content (AvgIpc) is 3.05. The molecule has 0 bridgehead atoms. The summed E-state index contributed by atoms with van der Waals surface area (Å²) in [4.78, 5) is 26.0. The molecule has 1 aliphatic heterocycles. The largest absolute Gasteiger partial charge is 0.481 e. The summed E-state index contributed by atoms with van der Waals surface area (Å²) < 4.78 is 0. The Morgan fingerprint density at radius 2 is 1.67 bits per heavy atom. The maximum atomic E-state index is 13.2. The number of carbonyl (C=O) groups is 2. The van der Waals surface area contributed by atoms with Crippen LogP contribution >= 0.6 is 0 Å². The molecule has 0 saturated carbocycles. The molecule has 3 aromatic rings. The van der Waals surface area contributed by atoms with E-state index in [2.05, 4.69) is 0 Å². The number of benzene rings is 3. The second-order valence-corrected chi connectivity index (χ2v) is 6.75. The van der Waals surface area contributed by atoms with Crippen LogP contribution in [0.3, 0.4) is 0 Å². The second-order valence-electron chi connectivity index (χ2n) is 6.75. The van der Waals surface area contributed by atoms with Crippen LogP contribution in [0.1, 0.15) is 34.3 Å². The first-order chi connectivity index (χ1) is 13.1. The fourth-order valence-electron chi connectivity index (χ4n) is 3.51. The number of nitrogens with zero attached hydrogens (tertiary/aromatic N) is 1. The minimum absolute atomic E-state index is 0.0245. The maximum Gasteiger partial charge on any atom is 0.310 e. The van der Waals surface area contributed by atoms with Crippen molar-refractivity contribution in [2.45, 2.75) is 19.4 Å². The third-order valence-corrected chi connectivity index (χ3v) is 5.10. The minimum Gasteiger partial charge on any atom is -0.481 e. The van der Waals surface area contributed by atoms with E-state index in [9.17, 15) is 9.59 Å². The van der Waals surface area contributed by atoms with Crippen molar-refractivity contribution in [2.24, 2.45) is 0 Å². The number of hydrogen-bond donors (Lipinski definition) is 1. The summed E-state index contributed by atoms with van der Waals surface area (Å²) in [6, 6.07) is 23.1. The van der Waals surface area contributed by atoms with E-state index in [1.54, 1.807) is 24.0 Å². The first-order valence-corrected chi connectivity index (χ1v) is 8.88. The predicted octanol–water partition coefficient (Wildman–Crippen LogP) is 4.70. The molecule has 1 N–H and O–H groups in total. The molecule has 0 spiro atoms. The number of amides is 1. The molecule has 3 aromatic carbocycles. The van der Waals surface area contributed by atoms with Gasteiger partial charge in [-0.25, -0.2) is 0 Å². The Hall–Kier alpha value is -3.40. The van der Waals surface area contributed by atoms with Gasteiger partial charge in [0, 0.05) is 5.69 Å². The van der Waals surface area contributed by atoms with Crippen molar-refractivity contribution in [1.82, 2.24) is 0 Å². The zero-order chi connectivity index (χ0) is 19.0. The monoisotopic (exact) mass is 357 g/mol. The number of aliphatic carboxylic acids is 1. The minimum atomic E-state index is -0.861. The van der Waals surface area contributed by atoms with Crippen molar-refractivity contribution < 1.29 is 14.7 Å². The number of fused-ring (bicyclic) bond motifs is 1. The number of hydrogen-bond acceptors (Lipinski definition) is 2. The van der Waals surface area contributed by atoms with Gasteiger partial charge in [0.1, 0.15) is 0 Å². The van der Waals surface area contributed by atoms with E-state index in [0.29, 0.717) is 6.54 Å². The summed E-state index contributed by atoms with van der Waals surface area (Å²) in [6.07, 6.45) is 0. The van der Waals surface area contributed by atoms with E-state index >= 15 is 0 Å². The molecule has 0 aromatic heterocycles. The van der Waals surface area contributed by atoms with Gasteiger partial charge in [0.25, 0.3) is 5.91 Å². The van der Waals surface area contributed by atoms with Crippen molar-refractivity contribution in [3.05, 3.63) is 89.5 Å². The SMILES string of the molecule is CC(C(=O)O)c1ccc(N2Cc3cccc(-c4ccccc4)c3C2=O)cc1. The Labute approximate surface area is 157 Å². The van der Waals surface area contributed by atoms with Crippen molar-refractivity contribution >= 4 is 17.6 Å². The van der Waals surface area contributed by atoms with Crippen LogP contribution in [0.15, 0.2) is 72.8 Å². The Morgan fingerprint density at radius 3 is 2.33 bits per heavy atom. The van der Waals surface area contributed by atoms with E-state index in [4.69, 9.17) is 5.11 Å². The lowest BCUT2D eigenvalue weighted by Gasteiger charge is -2.17. The van der Waals surface area contributed by atoms with Gasteiger partial charge in [-0.3, -0.25) is 9.59 Å². The van der Waals surface area contributed by atoms with Gasteiger partial charge in [-0.1, -0.05) is 60.7 Å². The number of carboxylic acid groups (broad SMARTS) is 1. The molecule has 1 unspecified atom stereocenters. The quantitative estimate of drug-likeness (QED) is 0.736. The van der Waals surface area contributed by atoms with Crippen molar-refractivity contribution in [3.8, 4) is 11.1 Å². The molecule has 1 aliphatic rings. The van der Waals surface area contributed by atoms with Crippen LogP contribution in [0.2, 0.25) is 0 Å². The number of carbonyl (C=O) groups excluding carboxylic acids is 1. The lowest BCUT2D eigenvalue weighted by atomic mass is 9.97. The third-order valence-electron chi connectivity index (χ3n) is 5.10. The van der Waals surface area contributed by atoms with E-state index in [1.165, 1.54) is 0 Å². The van der Waals surface area contributed by atoms with Gasteiger partial charge in [0.15, 0.2) is 0 Å². The standard InChI is InChI=1S/C23H19NO3/c1-15(23(26)27)16-10-12-19(13-11-16)24-14-18-8-5-9-20(21(18)22(24)25)17-6-3-2-4-7-17/h2-13,15H,14H2,1H3,(H,26,27). The van der Waals surface area contributed by atoms with Crippen LogP contribution in [0, 0.1) is 0 Å². The van der Waals surface area contributed by atoms with Gasteiger partial charge < -0.3 is 10.0 Å². The van der Waals surface area contributed by atoms with Crippen LogP contribution in [0.5, 0.6) is 0 Å². The van der Waals surface area contributed by atoms with Crippen LogP contribution in [-0.4, -0.2) is 17.0 Å². The Balaban J connectivity index is 1.68. The Bertz CT molecular complexity index is 1010. The fourth-order valence-corrected chi connectivity index (χ4v) is 3.51. The number of rotatable bonds is 4. The molecule has 0 saturated heterocycles. The van der Waals surface area contributed by atoms with E-state index in [1.807, 2.05) is 60.7 Å². The van der Waals surface area contributed by atoms with Crippen molar-refractivity contribution in [3.63, 3.8) is 0 Å². The van der Waals surface area contributed by atoms with Gasteiger partial charge in [-0.15, -0.1) is 0 Å². The van der Waals surface area contributed by atoms with E-state index in [0.717, 1.165) is 33.5 Å². The normalized spacial score (nSPS) is 14.1. The van der Waals surface area contributed by atoms with Gasteiger partial charge in [0.2, 0.25) is 0 Å².